The minimum atomic E-state index is -0.0749. The van der Waals surface area contributed by atoms with Crippen LogP contribution in [-0.4, -0.2) is 40.6 Å². The third-order valence-corrected chi connectivity index (χ3v) is 6.06. The molecule has 2 unspecified atom stereocenters. The van der Waals surface area contributed by atoms with Crippen LogP contribution in [0.2, 0.25) is 0 Å². The van der Waals surface area contributed by atoms with Gasteiger partial charge in [0.05, 0.1) is 17.6 Å². The largest absolute Gasteiger partial charge is 0.383 e. The van der Waals surface area contributed by atoms with E-state index in [1.165, 1.54) is 0 Å². The fourth-order valence-corrected chi connectivity index (χ4v) is 5.03. The quantitative estimate of drug-likeness (QED) is 0.857. The highest BCUT2D eigenvalue weighted by Crippen LogP contribution is 2.39. The summed E-state index contributed by atoms with van der Waals surface area (Å²) in [5.74, 6) is 0.578. The van der Waals surface area contributed by atoms with E-state index < -0.39 is 0 Å². The predicted molar refractivity (Wildman–Crippen MR) is 84.8 cm³/mol. The summed E-state index contributed by atoms with van der Waals surface area (Å²) >= 11 is 3.33. The highest BCUT2D eigenvalue weighted by Gasteiger charge is 2.41. The van der Waals surface area contributed by atoms with Gasteiger partial charge in [-0.2, -0.15) is 0 Å². The number of aromatic nitrogens is 2. The predicted octanol–water partition coefficient (Wildman–Crippen LogP) is 2.70. The summed E-state index contributed by atoms with van der Waals surface area (Å²) in [5.41, 5.74) is 5.94. The van der Waals surface area contributed by atoms with Crippen LogP contribution in [0.25, 0.3) is 10.2 Å². The van der Waals surface area contributed by atoms with E-state index in [4.69, 9.17) is 15.2 Å². The normalized spacial score (nSPS) is 29.4. The lowest BCUT2D eigenvalue weighted by molar-refractivity contribution is -0.0769. The number of ether oxygens (including phenoxy) is 2. The first-order chi connectivity index (χ1) is 10.2. The molecule has 4 heterocycles. The average Bonchev–Trinajstić information content (AvgIpc) is 3.09. The monoisotopic (exact) mass is 323 g/mol. The van der Waals surface area contributed by atoms with E-state index in [1.807, 2.05) is 11.4 Å². The second-order valence-electron chi connectivity index (χ2n) is 5.60. The van der Waals surface area contributed by atoms with Crippen molar-refractivity contribution in [3.63, 3.8) is 0 Å². The standard InChI is InChI=1S/C14H17N3O2S2/c15-11-10-2-6-20-12(10)17-13(16-11)21-9-1-4-19-14(7-9)3-5-18-8-14/h2,6,9H,1,3-5,7-8H2,(H2,15,16,17). The number of rotatable bonds is 2. The van der Waals surface area contributed by atoms with E-state index in [2.05, 4.69) is 9.97 Å². The van der Waals surface area contributed by atoms with Crippen LogP contribution in [0, 0.1) is 0 Å². The van der Waals surface area contributed by atoms with Gasteiger partial charge in [-0.1, -0.05) is 11.8 Å². The van der Waals surface area contributed by atoms with Gasteiger partial charge in [-0.15, -0.1) is 11.3 Å². The Morgan fingerprint density at radius 2 is 2.33 bits per heavy atom. The first-order valence-corrected chi connectivity index (χ1v) is 8.89. The van der Waals surface area contributed by atoms with E-state index in [0.717, 1.165) is 54.5 Å². The number of nitrogens with two attached hydrogens (primary N) is 1. The minimum absolute atomic E-state index is 0.0749. The van der Waals surface area contributed by atoms with Gasteiger partial charge in [0.1, 0.15) is 10.6 Å². The summed E-state index contributed by atoms with van der Waals surface area (Å²) in [6.07, 6.45) is 3.03. The van der Waals surface area contributed by atoms with Crippen molar-refractivity contribution >= 4 is 39.1 Å². The molecule has 0 radical (unpaired) electrons. The second kappa shape index (κ2) is 5.39. The van der Waals surface area contributed by atoms with Gasteiger partial charge in [-0.25, -0.2) is 9.97 Å². The first kappa shape index (κ1) is 13.8. The molecule has 2 aromatic rings. The molecule has 112 valence electrons. The molecule has 0 bridgehead atoms. The number of hydrogen-bond donors (Lipinski definition) is 1. The van der Waals surface area contributed by atoms with Crippen LogP contribution in [0.5, 0.6) is 0 Å². The minimum Gasteiger partial charge on any atom is -0.383 e. The molecule has 0 saturated carbocycles. The average molecular weight is 323 g/mol. The van der Waals surface area contributed by atoms with Gasteiger partial charge < -0.3 is 15.2 Å². The molecular formula is C14H17N3O2S2. The maximum absolute atomic E-state index is 6.02. The van der Waals surface area contributed by atoms with Crippen molar-refractivity contribution in [2.24, 2.45) is 0 Å². The van der Waals surface area contributed by atoms with Gasteiger partial charge in [0.25, 0.3) is 0 Å². The van der Waals surface area contributed by atoms with E-state index in [1.54, 1.807) is 23.1 Å². The van der Waals surface area contributed by atoms with Crippen LogP contribution in [0.15, 0.2) is 16.6 Å². The van der Waals surface area contributed by atoms with Crippen molar-refractivity contribution in [2.75, 3.05) is 25.6 Å². The Morgan fingerprint density at radius 1 is 1.38 bits per heavy atom. The molecule has 0 aliphatic carbocycles. The Hall–Kier alpha value is -0.890. The molecule has 2 N–H and O–H groups in total. The molecule has 7 heteroatoms. The summed E-state index contributed by atoms with van der Waals surface area (Å²) in [5, 5.41) is 4.21. The van der Waals surface area contributed by atoms with E-state index in [-0.39, 0.29) is 5.60 Å². The Labute approximate surface area is 131 Å². The van der Waals surface area contributed by atoms with Crippen molar-refractivity contribution in [1.82, 2.24) is 9.97 Å². The lowest BCUT2D eigenvalue weighted by Gasteiger charge is -2.36. The number of thiophene rings is 1. The van der Waals surface area contributed by atoms with Crippen molar-refractivity contribution in [1.29, 1.82) is 0 Å². The highest BCUT2D eigenvalue weighted by atomic mass is 32.2. The van der Waals surface area contributed by atoms with Crippen molar-refractivity contribution in [3.8, 4) is 0 Å². The summed E-state index contributed by atoms with van der Waals surface area (Å²) in [7, 11) is 0. The molecule has 4 rings (SSSR count). The van der Waals surface area contributed by atoms with Gasteiger partial charge >= 0.3 is 0 Å². The van der Waals surface area contributed by atoms with Gasteiger partial charge in [-0.05, 0) is 24.3 Å². The van der Waals surface area contributed by atoms with Crippen LogP contribution in [0.4, 0.5) is 5.82 Å². The Morgan fingerprint density at radius 3 is 3.19 bits per heavy atom. The van der Waals surface area contributed by atoms with Gasteiger partial charge in [0.15, 0.2) is 5.16 Å². The molecule has 2 fully saturated rings. The smallest absolute Gasteiger partial charge is 0.191 e. The Kier molecular flexibility index (Phi) is 3.53. The summed E-state index contributed by atoms with van der Waals surface area (Å²) in [6.45, 7) is 2.32. The summed E-state index contributed by atoms with van der Waals surface area (Å²) in [4.78, 5) is 10.0. The van der Waals surface area contributed by atoms with Crippen molar-refractivity contribution in [3.05, 3.63) is 11.4 Å². The molecule has 2 aliphatic rings. The molecule has 2 aromatic heterocycles. The molecular weight excluding hydrogens is 306 g/mol. The third-order valence-electron chi connectivity index (χ3n) is 4.12. The zero-order chi connectivity index (χ0) is 14.3. The lowest BCUT2D eigenvalue weighted by atomic mass is 9.93. The van der Waals surface area contributed by atoms with Crippen LogP contribution in [-0.2, 0) is 9.47 Å². The van der Waals surface area contributed by atoms with Gasteiger partial charge in [0.2, 0.25) is 0 Å². The number of thioether (sulfide) groups is 1. The van der Waals surface area contributed by atoms with E-state index in [9.17, 15) is 0 Å². The molecule has 0 amide bonds. The zero-order valence-electron chi connectivity index (χ0n) is 11.6. The second-order valence-corrected chi connectivity index (χ2v) is 7.76. The van der Waals surface area contributed by atoms with Crippen LogP contribution >= 0.6 is 23.1 Å². The summed E-state index contributed by atoms with van der Waals surface area (Å²) < 4.78 is 11.5. The van der Waals surface area contributed by atoms with Gasteiger partial charge in [-0.3, -0.25) is 0 Å². The Bertz CT molecular complexity index is 655. The maximum Gasteiger partial charge on any atom is 0.191 e. The molecule has 21 heavy (non-hydrogen) atoms. The maximum atomic E-state index is 6.02. The SMILES string of the molecule is Nc1nc(SC2CCOC3(CCOC3)C2)nc2sccc12. The van der Waals surface area contributed by atoms with E-state index >= 15 is 0 Å². The molecule has 1 spiro atoms. The number of hydrogen-bond acceptors (Lipinski definition) is 7. The molecule has 2 atom stereocenters. The molecule has 2 aliphatic heterocycles. The number of nitrogen functional groups attached to an aromatic ring is 1. The van der Waals surface area contributed by atoms with Crippen LogP contribution in [0.1, 0.15) is 19.3 Å². The highest BCUT2D eigenvalue weighted by molar-refractivity contribution is 7.99. The fourth-order valence-electron chi connectivity index (χ4n) is 3.01. The summed E-state index contributed by atoms with van der Waals surface area (Å²) in [6, 6.07) is 1.98. The fraction of sp³-hybridized carbons (Fsp3) is 0.571. The van der Waals surface area contributed by atoms with Crippen molar-refractivity contribution < 1.29 is 9.47 Å². The third kappa shape index (κ3) is 2.63. The number of fused-ring (bicyclic) bond motifs is 1. The van der Waals surface area contributed by atoms with Crippen molar-refractivity contribution in [2.45, 2.75) is 35.3 Å². The molecule has 5 nitrogen and oxygen atoms in total. The van der Waals surface area contributed by atoms with Crippen LogP contribution < -0.4 is 5.73 Å². The Balaban J connectivity index is 1.53. The van der Waals surface area contributed by atoms with E-state index in [0.29, 0.717) is 11.1 Å². The molecule has 0 aromatic carbocycles. The van der Waals surface area contributed by atoms with Crippen LogP contribution in [0.3, 0.4) is 0 Å². The number of nitrogens with zero attached hydrogens (tertiary/aromatic N) is 2. The zero-order valence-corrected chi connectivity index (χ0v) is 13.2. The topological polar surface area (TPSA) is 70.3 Å². The number of anilines is 1. The lowest BCUT2D eigenvalue weighted by Crippen LogP contribution is -2.41. The molecule has 2 saturated heterocycles. The van der Waals surface area contributed by atoms with Gasteiger partial charge in [0, 0.05) is 24.9 Å². The first-order valence-electron chi connectivity index (χ1n) is 7.13.